The number of halogens is 3. The van der Waals surface area contributed by atoms with Crippen molar-refractivity contribution in [2.75, 3.05) is 18.0 Å². The quantitative estimate of drug-likeness (QED) is 0.896. The van der Waals surface area contributed by atoms with Crippen molar-refractivity contribution in [1.82, 2.24) is 0 Å². The molecular weight excluding hydrogens is 255 g/mol. The maximum atomic E-state index is 12.6. The van der Waals surface area contributed by atoms with E-state index < -0.39 is 12.7 Å². The molecule has 0 unspecified atom stereocenters. The van der Waals surface area contributed by atoms with Gasteiger partial charge in [-0.05, 0) is 24.1 Å². The second-order valence-corrected chi connectivity index (χ2v) is 4.20. The zero-order valence-electron chi connectivity index (χ0n) is 10.7. The van der Waals surface area contributed by atoms with Gasteiger partial charge in [0.05, 0.1) is 11.3 Å². The Morgan fingerprint density at radius 1 is 1.37 bits per heavy atom. The van der Waals surface area contributed by atoms with E-state index in [2.05, 4.69) is 0 Å². The molecule has 0 saturated heterocycles. The van der Waals surface area contributed by atoms with Crippen LogP contribution in [0.15, 0.2) is 18.2 Å². The highest BCUT2D eigenvalue weighted by Crippen LogP contribution is 2.26. The van der Waals surface area contributed by atoms with Crippen LogP contribution in [0, 0.1) is 11.3 Å². The van der Waals surface area contributed by atoms with Gasteiger partial charge in [-0.1, -0.05) is 13.0 Å². The third kappa shape index (κ3) is 4.45. The standard InChI is InChI=1S/C13H16F3N3/c1-2-5-19(9-13(14,15)16)12-4-3-10(7-17)6-11(12)8-18/h3-4,6H,2,5,7,9,17H2,1H3. The molecule has 0 atom stereocenters. The molecule has 0 saturated carbocycles. The van der Waals surface area contributed by atoms with Crippen molar-refractivity contribution in [3.05, 3.63) is 29.3 Å². The summed E-state index contributed by atoms with van der Waals surface area (Å²) in [6, 6.07) is 6.64. The van der Waals surface area contributed by atoms with Gasteiger partial charge in [0.25, 0.3) is 0 Å². The minimum Gasteiger partial charge on any atom is -0.362 e. The number of hydrogen-bond acceptors (Lipinski definition) is 3. The molecule has 0 radical (unpaired) electrons. The van der Waals surface area contributed by atoms with Gasteiger partial charge in [0.1, 0.15) is 12.6 Å². The van der Waals surface area contributed by atoms with E-state index in [1.54, 1.807) is 13.0 Å². The van der Waals surface area contributed by atoms with Crippen LogP contribution in [-0.4, -0.2) is 19.3 Å². The van der Waals surface area contributed by atoms with Crippen LogP contribution in [0.25, 0.3) is 0 Å². The zero-order valence-corrected chi connectivity index (χ0v) is 10.7. The third-order valence-electron chi connectivity index (χ3n) is 2.62. The molecule has 0 aliphatic carbocycles. The summed E-state index contributed by atoms with van der Waals surface area (Å²) in [6.07, 6.45) is -3.73. The fourth-order valence-corrected chi connectivity index (χ4v) is 1.85. The molecule has 0 aliphatic heterocycles. The number of anilines is 1. The van der Waals surface area contributed by atoms with Crippen molar-refractivity contribution in [3.8, 4) is 6.07 Å². The van der Waals surface area contributed by atoms with Crippen LogP contribution in [-0.2, 0) is 6.54 Å². The van der Waals surface area contributed by atoms with E-state index in [4.69, 9.17) is 11.0 Å². The molecule has 0 spiro atoms. The Kier molecular flexibility index (Phi) is 5.19. The summed E-state index contributed by atoms with van der Waals surface area (Å²) in [6.45, 7) is 1.24. The molecule has 0 aliphatic rings. The summed E-state index contributed by atoms with van der Waals surface area (Å²) in [5, 5.41) is 9.06. The summed E-state index contributed by atoms with van der Waals surface area (Å²) >= 11 is 0. The molecule has 0 fully saturated rings. The molecule has 0 amide bonds. The van der Waals surface area contributed by atoms with Crippen molar-refractivity contribution in [2.24, 2.45) is 5.73 Å². The van der Waals surface area contributed by atoms with Gasteiger partial charge in [-0.3, -0.25) is 0 Å². The van der Waals surface area contributed by atoms with Crippen LogP contribution < -0.4 is 10.6 Å². The molecule has 6 heteroatoms. The van der Waals surface area contributed by atoms with Gasteiger partial charge >= 0.3 is 6.18 Å². The van der Waals surface area contributed by atoms with Crippen molar-refractivity contribution in [1.29, 1.82) is 5.26 Å². The van der Waals surface area contributed by atoms with E-state index in [1.807, 2.05) is 6.07 Å². The summed E-state index contributed by atoms with van der Waals surface area (Å²) in [4.78, 5) is 1.18. The molecule has 1 rings (SSSR count). The lowest BCUT2D eigenvalue weighted by Crippen LogP contribution is -2.35. The first-order chi connectivity index (χ1) is 8.91. The molecule has 0 heterocycles. The van der Waals surface area contributed by atoms with Gasteiger partial charge in [0.2, 0.25) is 0 Å². The molecule has 1 aromatic rings. The van der Waals surface area contributed by atoms with Crippen LogP contribution >= 0.6 is 0 Å². The first-order valence-corrected chi connectivity index (χ1v) is 5.96. The molecule has 104 valence electrons. The third-order valence-corrected chi connectivity index (χ3v) is 2.62. The number of nitrogens with two attached hydrogens (primary N) is 1. The van der Waals surface area contributed by atoms with Crippen LogP contribution in [0.4, 0.5) is 18.9 Å². The first-order valence-electron chi connectivity index (χ1n) is 5.96. The number of nitrogens with zero attached hydrogens (tertiary/aromatic N) is 2. The predicted molar refractivity (Wildman–Crippen MR) is 67.6 cm³/mol. The number of rotatable bonds is 5. The highest BCUT2D eigenvalue weighted by molar-refractivity contribution is 5.60. The lowest BCUT2D eigenvalue weighted by atomic mass is 10.1. The lowest BCUT2D eigenvalue weighted by molar-refractivity contribution is -0.119. The second kappa shape index (κ2) is 6.43. The van der Waals surface area contributed by atoms with E-state index >= 15 is 0 Å². The van der Waals surface area contributed by atoms with Crippen molar-refractivity contribution in [3.63, 3.8) is 0 Å². The summed E-state index contributed by atoms with van der Waals surface area (Å²) in [5.74, 6) is 0. The predicted octanol–water partition coefficient (Wildman–Crippen LogP) is 2.80. The number of nitriles is 1. The van der Waals surface area contributed by atoms with Crippen molar-refractivity contribution < 1.29 is 13.2 Å². The van der Waals surface area contributed by atoms with E-state index in [0.717, 1.165) is 5.56 Å². The monoisotopic (exact) mass is 271 g/mol. The Hall–Kier alpha value is -1.74. The largest absolute Gasteiger partial charge is 0.405 e. The summed E-state index contributed by atoms with van der Waals surface area (Å²) in [5.41, 5.74) is 6.71. The molecule has 3 nitrogen and oxygen atoms in total. The second-order valence-electron chi connectivity index (χ2n) is 4.20. The van der Waals surface area contributed by atoms with Gasteiger partial charge in [0, 0.05) is 13.1 Å². The Labute approximate surface area is 110 Å². The van der Waals surface area contributed by atoms with E-state index in [-0.39, 0.29) is 18.7 Å². The van der Waals surface area contributed by atoms with Gasteiger partial charge in [-0.25, -0.2) is 0 Å². The first kappa shape index (κ1) is 15.3. The van der Waals surface area contributed by atoms with Gasteiger partial charge in [-0.15, -0.1) is 0 Å². The van der Waals surface area contributed by atoms with Gasteiger partial charge in [0.15, 0.2) is 0 Å². The topological polar surface area (TPSA) is 53.0 Å². The van der Waals surface area contributed by atoms with E-state index in [0.29, 0.717) is 12.1 Å². The highest BCUT2D eigenvalue weighted by atomic mass is 19.4. The van der Waals surface area contributed by atoms with Crippen LogP contribution in [0.3, 0.4) is 0 Å². The minimum atomic E-state index is -4.30. The maximum Gasteiger partial charge on any atom is 0.405 e. The SMILES string of the molecule is CCCN(CC(F)(F)F)c1ccc(CN)cc1C#N. The smallest absolute Gasteiger partial charge is 0.362 e. The maximum absolute atomic E-state index is 12.6. The normalized spacial score (nSPS) is 11.2. The average molecular weight is 271 g/mol. The zero-order chi connectivity index (χ0) is 14.5. The number of hydrogen-bond donors (Lipinski definition) is 1. The van der Waals surface area contributed by atoms with Crippen LogP contribution in [0.5, 0.6) is 0 Å². The highest BCUT2D eigenvalue weighted by Gasteiger charge is 2.31. The van der Waals surface area contributed by atoms with Crippen molar-refractivity contribution in [2.45, 2.75) is 26.1 Å². The Balaban J connectivity index is 3.12. The van der Waals surface area contributed by atoms with Crippen molar-refractivity contribution >= 4 is 5.69 Å². The molecule has 0 aromatic heterocycles. The van der Waals surface area contributed by atoms with E-state index in [1.165, 1.54) is 17.0 Å². The Morgan fingerprint density at radius 3 is 2.53 bits per heavy atom. The number of benzene rings is 1. The van der Waals surface area contributed by atoms with Gasteiger partial charge in [-0.2, -0.15) is 18.4 Å². The fraction of sp³-hybridized carbons (Fsp3) is 0.462. The molecule has 1 aromatic carbocycles. The summed E-state index contributed by atoms with van der Waals surface area (Å²) < 4.78 is 37.7. The summed E-state index contributed by atoms with van der Waals surface area (Å²) in [7, 11) is 0. The van der Waals surface area contributed by atoms with Crippen LogP contribution in [0.2, 0.25) is 0 Å². The molecule has 19 heavy (non-hydrogen) atoms. The Bertz CT molecular complexity index is 463. The molecule has 2 N–H and O–H groups in total. The molecular formula is C13H16F3N3. The minimum absolute atomic E-state index is 0.223. The van der Waals surface area contributed by atoms with Crippen LogP contribution in [0.1, 0.15) is 24.5 Å². The molecule has 0 bridgehead atoms. The fourth-order valence-electron chi connectivity index (χ4n) is 1.85. The number of alkyl halides is 3. The van der Waals surface area contributed by atoms with E-state index in [9.17, 15) is 13.2 Å². The average Bonchev–Trinajstić information content (AvgIpc) is 2.36. The van der Waals surface area contributed by atoms with Gasteiger partial charge < -0.3 is 10.6 Å². The lowest BCUT2D eigenvalue weighted by Gasteiger charge is -2.26. The Morgan fingerprint density at radius 2 is 2.05 bits per heavy atom.